The standard InChI is InChI=1S/C20H30ClN3O3S.HI/c1-19(2)15-24(10-13-28(19,25)26)18(22-3)23-14-20(8-11-27-12-9-20)16-6-4-5-7-17(16)21;/h4-7H,8-15H2,1-3H3,(H,22,23);1H. The Balaban J connectivity index is 0.00000300. The molecule has 0 radical (unpaired) electrons. The molecule has 0 spiro atoms. The fourth-order valence-corrected chi connectivity index (χ4v) is 5.80. The molecule has 1 aromatic carbocycles. The molecule has 164 valence electrons. The maximum Gasteiger partial charge on any atom is 0.193 e. The van der Waals surface area contributed by atoms with Gasteiger partial charge in [0.1, 0.15) is 0 Å². The first kappa shape index (κ1) is 24.7. The summed E-state index contributed by atoms with van der Waals surface area (Å²) in [6.07, 6.45) is 1.75. The minimum Gasteiger partial charge on any atom is -0.381 e. The molecule has 1 N–H and O–H groups in total. The highest BCUT2D eigenvalue weighted by atomic mass is 127. The lowest BCUT2D eigenvalue weighted by Crippen LogP contribution is -2.58. The second-order valence-electron chi connectivity index (χ2n) is 8.27. The van der Waals surface area contributed by atoms with Crippen LogP contribution in [0.1, 0.15) is 32.3 Å². The summed E-state index contributed by atoms with van der Waals surface area (Å²) in [5.41, 5.74) is 0.994. The Morgan fingerprint density at radius 3 is 2.52 bits per heavy atom. The van der Waals surface area contributed by atoms with Crippen LogP contribution >= 0.6 is 35.6 Å². The first-order valence-corrected chi connectivity index (χ1v) is 11.7. The molecule has 0 aromatic heterocycles. The van der Waals surface area contributed by atoms with Gasteiger partial charge in [-0.3, -0.25) is 4.99 Å². The highest BCUT2D eigenvalue weighted by Crippen LogP contribution is 2.38. The van der Waals surface area contributed by atoms with E-state index in [0.29, 0.717) is 32.8 Å². The number of hydrogen-bond acceptors (Lipinski definition) is 4. The van der Waals surface area contributed by atoms with E-state index in [9.17, 15) is 8.42 Å². The van der Waals surface area contributed by atoms with Crippen molar-refractivity contribution in [2.75, 3.05) is 45.6 Å². The van der Waals surface area contributed by atoms with Crippen LogP contribution in [0.15, 0.2) is 29.3 Å². The Labute approximate surface area is 196 Å². The molecule has 1 aromatic rings. The maximum atomic E-state index is 12.3. The first-order chi connectivity index (χ1) is 13.2. The van der Waals surface area contributed by atoms with Gasteiger partial charge in [0.25, 0.3) is 0 Å². The molecule has 29 heavy (non-hydrogen) atoms. The molecule has 2 saturated heterocycles. The van der Waals surface area contributed by atoms with Crippen molar-refractivity contribution in [2.45, 2.75) is 36.9 Å². The average molecular weight is 556 g/mol. The fraction of sp³-hybridized carbons (Fsp3) is 0.650. The third-order valence-corrected chi connectivity index (χ3v) is 8.90. The van der Waals surface area contributed by atoms with Gasteiger partial charge >= 0.3 is 0 Å². The van der Waals surface area contributed by atoms with Crippen molar-refractivity contribution in [3.05, 3.63) is 34.9 Å². The lowest BCUT2D eigenvalue weighted by molar-refractivity contribution is 0.0512. The van der Waals surface area contributed by atoms with Crippen LogP contribution in [0.5, 0.6) is 0 Å². The summed E-state index contributed by atoms with van der Waals surface area (Å²) in [6, 6.07) is 7.99. The van der Waals surface area contributed by atoms with E-state index < -0.39 is 14.6 Å². The predicted octanol–water partition coefficient (Wildman–Crippen LogP) is 3.09. The number of rotatable bonds is 3. The molecule has 0 amide bonds. The zero-order valence-corrected chi connectivity index (χ0v) is 21.2. The van der Waals surface area contributed by atoms with Crippen molar-refractivity contribution in [1.29, 1.82) is 0 Å². The molecular formula is C20H31ClIN3O3S. The number of benzene rings is 1. The summed E-state index contributed by atoms with van der Waals surface area (Å²) in [5, 5.41) is 4.28. The summed E-state index contributed by atoms with van der Waals surface area (Å²) in [5.74, 6) is 0.880. The zero-order chi connectivity index (χ0) is 20.4. The van der Waals surface area contributed by atoms with Gasteiger partial charge in [0.15, 0.2) is 15.8 Å². The van der Waals surface area contributed by atoms with Crippen molar-refractivity contribution in [3.63, 3.8) is 0 Å². The number of hydrogen-bond donors (Lipinski definition) is 1. The van der Waals surface area contributed by atoms with Gasteiger partial charge < -0.3 is 15.0 Å². The summed E-state index contributed by atoms with van der Waals surface area (Å²) in [6.45, 7) is 6.51. The predicted molar refractivity (Wildman–Crippen MR) is 129 cm³/mol. The third kappa shape index (κ3) is 5.19. The van der Waals surface area contributed by atoms with Gasteiger partial charge in [0, 0.05) is 50.3 Å². The molecule has 0 aliphatic carbocycles. The van der Waals surface area contributed by atoms with Crippen molar-refractivity contribution in [3.8, 4) is 0 Å². The van der Waals surface area contributed by atoms with E-state index in [4.69, 9.17) is 16.3 Å². The van der Waals surface area contributed by atoms with Crippen molar-refractivity contribution >= 4 is 51.4 Å². The monoisotopic (exact) mass is 555 g/mol. The lowest BCUT2D eigenvalue weighted by atomic mass is 9.74. The number of aliphatic imine (C=N–C) groups is 1. The van der Waals surface area contributed by atoms with Crippen molar-refractivity contribution < 1.29 is 13.2 Å². The number of sulfone groups is 1. The minimum absolute atomic E-state index is 0. The van der Waals surface area contributed by atoms with E-state index >= 15 is 0 Å². The third-order valence-electron chi connectivity index (χ3n) is 6.03. The Hall–Kier alpha value is -0.580. The molecule has 6 nitrogen and oxygen atoms in total. The smallest absolute Gasteiger partial charge is 0.193 e. The molecule has 2 heterocycles. The zero-order valence-electron chi connectivity index (χ0n) is 17.3. The maximum absolute atomic E-state index is 12.3. The SMILES string of the molecule is CN=C(NCC1(c2ccccc2Cl)CCOCC1)N1CCS(=O)(=O)C(C)(C)C1.I. The molecule has 0 unspecified atom stereocenters. The Morgan fingerprint density at radius 2 is 1.93 bits per heavy atom. The quantitative estimate of drug-likeness (QED) is 0.353. The average Bonchev–Trinajstić information content (AvgIpc) is 2.66. The van der Waals surface area contributed by atoms with Gasteiger partial charge in [-0.1, -0.05) is 29.8 Å². The molecule has 0 bridgehead atoms. The number of guanidine groups is 1. The topological polar surface area (TPSA) is 71.0 Å². The van der Waals surface area contributed by atoms with Crippen LogP contribution in [0.2, 0.25) is 5.02 Å². The number of nitrogens with one attached hydrogen (secondary N) is 1. The van der Waals surface area contributed by atoms with Gasteiger partial charge in [0.05, 0.1) is 10.5 Å². The summed E-state index contributed by atoms with van der Waals surface area (Å²) in [7, 11) is -1.35. The Kier molecular flexibility index (Phi) is 8.26. The van der Waals surface area contributed by atoms with Crippen LogP contribution in [-0.2, 0) is 20.0 Å². The number of ether oxygens (including phenoxy) is 1. The molecule has 2 aliphatic heterocycles. The molecule has 0 atom stereocenters. The molecule has 9 heteroatoms. The van der Waals surface area contributed by atoms with Crippen LogP contribution < -0.4 is 5.32 Å². The Bertz CT molecular complexity index is 839. The van der Waals surface area contributed by atoms with E-state index in [0.717, 1.165) is 29.4 Å². The van der Waals surface area contributed by atoms with Crippen molar-refractivity contribution in [2.24, 2.45) is 4.99 Å². The van der Waals surface area contributed by atoms with E-state index in [-0.39, 0.29) is 35.1 Å². The second kappa shape index (κ2) is 9.70. The Morgan fingerprint density at radius 1 is 1.28 bits per heavy atom. The summed E-state index contributed by atoms with van der Waals surface area (Å²) in [4.78, 5) is 6.47. The van der Waals surface area contributed by atoms with Gasteiger partial charge in [-0.25, -0.2) is 8.42 Å². The van der Waals surface area contributed by atoms with Gasteiger partial charge in [-0.05, 0) is 38.3 Å². The molecule has 2 aliphatic rings. The van der Waals surface area contributed by atoms with Crippen LogP contribution in [0.3, 0.4) is 0 Å². The van der Waals surface area contributed by atoms with Crippen LogP contribution in [0, 0.1) is 0 Å². The van der Waals surface area contributed by atoms with Crippen molar-refractivity contribution in [1.82, 2.24) is 10.2 Å². The van der Waals surface area contributed by atoms with Gasteiger partial charge in [-0.2, -0.15) is 0 Å². The number of nitrogens with zero attached hydrogens (tertiary/aromatic N) is 2. The fourth-order valence-electron chi connectivity index (χ4n) is 4.10. The highest BCUT2D eigenvalue weighted by molar-refractivity contribution is 14.0. The summed E-state index contributed by atoms with van der Waals surface area (Å²) >= 11 is 6.54. The normalized spacial score (nSPS) is 23.2. The first-order valence-electron chi connectivity index (χ1n) is 9.71. The van der Waals surface area contributed by atoms with Crippen LogP contribution in [-0.4, -0.2) is 69.7 Å². The minimum atomic E-state index is -3.09. The van der Waals surface area contributed by atoms with E-state index in [2.05, 4.69) is 16.4 Å². The van der Waals surface area contributed by atoms with E-state index in [1.54, 1.807) is 20.9 Å². The second-order valence-corrected chi connectivity index (χ2v) is 11.4. The van der Waals surface area contributed by atoms with E-state index in [1.165, 1.54) is 0 Å². The number of halogens is 2. The van der Waals surface area contributed by atoms with Gasteiger partial charge in [-0.15, -0.1) is 24.0 Å². The summed E-state index contributed by atoms with van der Waals surface area (Å²) < 4.78 is 29.5. The highest BCUT2D eigenvalue weighted by Gasteiger charge is 2.42. The molecule has 2 fully saturated rings. The largest absolute Gasteiger partial charge is 0.381 e. The van der Waals surface area contributed by atoms with Crippen LogP contribution in [0.25, 0.3) is 0 Å². The lowest BCUT2D eigenvalue weighted by Gasteiger charge is -2.42. The molecule has 3 rings (SSSR count). The van der Waals surface area contributed by atoms with E-state index in [1.807, 2.05) is 23.1 Å². The van der Waals surface area contributed by atoms with Gasteiger partial charge in [0.2, 0.25) is 0 Å². The molecule has 0 saturated carbocycles. The molecular weight excluding hydrogens is 525 g/mol. The van der Waals surface area contributed by atoms with Crippen LogP contribution in [0.4, 0.5) is 0 Å².